The number of benzene rings is 3. The molecule has 150 valence electrons. The van der Waals surface area contributed by atoms with Crippen LogP contribution in [0, 0.1) is 24.1 Å². The zero-order valence-electron chi connectivity index (χ0n) is 16.0. The first kappa shape index (κ1) is 21.6. The predicted octanol–water partition coefficient (Wildman–Crippen LogP) is 6.58. The average molecular weight is 439 g/mol. The molecule has 0 atom stereocenters. The van der Waals surface area contributed by atoms with Crippen LogP contribution in [0.25, 0.3) is 6.08 Å². The Morgan fingerprint density at radius 2 is 1.90 bits per heavy atom. The van der Waals surface area contributed by atoms with Gasteiger partial charge in [0.2, 0.25) is 0 Å². The van der Waals surface area contributed by atoms with Gasteiger partial charge in [0.15, 0.2) is 0 Å². The van der Waals surface area contributed by atoms with Gasteiger partial charge in [-0.25, -0.2) is 4.39 Å². The number of anilines is 1. The van der Waals surface area contributed by atoms with Gasteiger partial charge in [-0.05, 0) is 72.0 Å². The van der Waals surface area contributed by atoms with Crippen LogP contribution in [0.1, 0.15) is 22.3 Å². The van der Waals surface area contributed by atoms with E-state index in [1.165, 1.54) is 18.2 Å². The predicted molar refractivity (Wildman–Crippen MR) is 119 cm³/mol. The summed E-state index contributed by atoms with van der Waals surface area (Å²) in [7, 11) is 0. The van der Waals surface area contributed by atoms with Crippen LogP contribution < -0.4 is 5.32 Å². The third-order valence-electron chi connectivity index (χ3n) is 4.47. The van der Waals surface area contributed by atoms with Gasteiger partial charge in [-0.2, -0.15) is 5.26 Å². The minimum Gasteiger partial charge on any atom is -0.321 e. The molecule has 3 rings (SSSR count). The van der Waals surface area contributed by atoms with Gasteiger partial charge in [-0.3, -0.25) is 4.79 Å². The molecule has 1 amide bonds. The molecule has 30 heavy (non-hydrogen) atoms. The van der Waals surface area contributed by atoms with Crippen LogP contribution in [0.2, 0.25) is 10.0 Å². The Morgan fingerprint density at radius 1 is 1.10 bits per heavy atom. The lowest BCUT2D eigenvalue weighted by molar-refractivity contribution is -0.112. The highest BCUT2D eigenvalue weighted by molar-refractivity contribution is 6.32. The molecule has 0 saturated carbocycles. The quantitative estimate of drug-likeness (QED) is 0.361. The summed E-state index contributed by atoms with van der Waals surface area (Å²) in [6.07, 6.45) is 1.93. The van der Waals surface area contributed by atoms with Crippen molar-refractivity contribution in [2.24, 2.45) is 0 Å². The van der Waals surface area contributed by atoms with Gasteiger partial charge >= 0.3 is 0 Å². The molecule has 0 unspecified atom stereocenters. The first-order chi connectivity index (χ1) is 14.4. The first-order valence-electron chi connectivity index (χ1n) is 9.08. The Morgan fingerprint density at radius 3 is 2.57 bits per heavy atom. The van der Waals surface area contributed by atoms with E-state index in [1.54, 1.807) is 42.5 Å². The van der Waals surface area contributed by atoms with E-state index in [0.29, 0.717) is 27.7 Å². The van der Waals surface area contributed by atoms with Crippen LogP contribution in [0.4, 0.5) is 10.1 Å². The highest BCUT2D eigenvalue weighted by Gasteiger charge is 2.11. The van der Waals surface area contributed by atoms with E-state index in [0.717, 1.165) is 16.7 Å². The van der Waals surface area contributed by atoms with Crippen molar-refractivity contribution in [3.05, 3.63) is 104 Å². The van der Waals surface area contributed by atoms with E-state index in [9.17, 15) is 14.4 Å². The normalized spacial score (nSPS) is 11.1. The summed E-state index contributed by atoms with van der Waals surface area (Å²) < 4.78 is 13.4. The molecule has 0 spiro atoms. The maximum absolute atomic E-state index is 13.4. The van der Waals surface area contributed by atoms with E-state index in [-0.39, 0.29) is 11.4 Å². The van der Waals surface area contributed by atoms with Gasteiger partial charge in [0.25, 0.3) is 5.91 Å². The molecule has 0 aliphatic carbocycles. The van der Waals surface area contributed by atoms with Gasteiger partial charge in [0, 0.05) is 15.7 Å². The lowest BCUT2D eigenvalue weighted by Crippen LogP contribution is -2.13. The second-order valence-corrected chi connectivity index (χ2v) is 7.56. The number of hydrogen-bond acceptors (Lipinski definition) is 2. The molecule has 0 aliphatic heterocycles. The number of aryl methyl sites for hydroxylation is 1. The van der Waals surface area contributed by atoms with Crippen molar-refractivity contribution in [2.45, 2.75) is 13.3 Å². The Bertz CT molecular complexity index is 1180. The molecule has 0 aliphatic rings. The van der Waals surface area contributed by atoms with Gasteiger partial charge in [0.05, 0.1) is 0 Å². The topological polar surface area (TPSA) is 52.9 Å². The van der Waals surface area contributed by atoms with E-state index < -0.39 is 5.91 Å². The SMILES string of the molecule is Cc1ccc(NC(=O)/C(C#N)=C/c2ccc(Cc3cccc(F)c3)c(Cl)c2)cc1Cl. The van der Waals surface area contributed by atoms with Crippen molar-refractivity contribution in [3.63, 3.8) is 0 Å². The highest BCUT2D eigenvalue weighted by Crippen LogP contribution is 2.24. The second kappa shape index (κ2) is 9.58. The Hall–Kier alpha value is -3.13. The summed E-state index contributed by atoms with van der Waals surface area (Å²) >= 11 is 12.4. The fourth-order valence-corrected chi connectivity index (χ4v) is 3.28. The van der Waals surface area contributed by atoms with Crippen LogP contribution in [0.15, 0.2) is 66.2 Å². The lowest BCUT2D eigenvalue weighted by Gasteiger charge is -2.08. The Labute approximate surface area is 184 Å². The first-order valence-corrected chi connectivity index (χ1v) is 9.83. The molecule has 6 heteroatoms. The van der Waals surface area contributed by atoms with Crippen molar-refractivity contribution in [3.8, 4) is 6.07 Å². The number of halogens is 3. The van der Waals surface area contributed by atoms with Crippen molar-refractivity contribution in [2.75, 3.05) is 5.32 Å². The fraction of sp³-hybridized carbons (Fsp3) is 0.0833. The van der Waals surface area contributed by atoms with Crippen LogP contribution in [0.5, 0.6) is 0 Å². The zero-order chi connectivity index (χ0) is 21.7. The number of nitrogens with zero attached hydrogens (tertiary/aromatic N) is 1. The maximum atomic E-state index is 13.4. The van der Waals surface area contributed by atoms with Crippen LogP contribution >= 0.6 is 23.2 Å². The second-order valence-electron chi connectivity index (χ2n) is 6.75. The average Bonchev–Trinajstić information content (AvgIpc) is 2.71. The smallest absolute Gasteiger partial charge is 0.266 e. The van der Waals surface area contributed by atoms with Crippen LogP contribution in [-0.2, 0) is 11.2 Å². The van der Waals surface area contributed by atoms with Gasteiger partial charge in [-0.1, -0.05) is 53.5 Å². The van der Waals surface area contributed by atoms with Crippen molar-refractivity contribution < 1.29 is 9.18 Å². The summed E-state index contributed by atoms with van der Waals surface area (Å²) in [5.74, 6) is -0.847. The number of hydrogen-bond donors (Lipinski definition) is 1. The molecule has 3 aromatic carbocycles. The minimum atomic E-state index is -0.544. The number of nitriles is 1. The third-order valence-corrected chi connectivity index (χ3v) is 5.23. The fourth-order valence-electron chi connectivity index (χ4n) is 2.85. The van der Waals surface area contributed by atoms with E-state index in [4.69, 9.17) is 23.2 Å². The number of nitrogens with one attached hydrogen (secondary N) is 1. The molecule has 0 aromatic heterocycles. The third kappa shape index (κ3) is 5.48. The zero-order valence-corrected chi connectivity index (χ0v) is 17.6. The Balaban J connectivity index is 1.78. The van der Waals surface area contributed by atoms with Crippen LogP contribution in [0.3, 0.4) is 0 Å². The molecule has 0 heterocycles. The maximum Gasteiger partial charge on any atom is 0.266 e. The number of carbonyl (C=O) groups is 1. The monoisotopic (exact) mass is 438 g/mol. The van der Waals surface area contributed by atoms with Crippen molar-refractivity contribution in [1.29, 1.82) is 5.26 Å². The molecule has 0 fully saturated rings. The lowest BCUT2D eigenvalue weighted by atomic mass is 10.0. The van der Waals surface area contributed by atoms with Gasteiger partial charge < -0.3 is 5.32 Å². The van der Waals surface area contributed by atoms with Gasteiger partial charge in [0.1, 0.15) is 17.5 Å². The summed E-state index contributed by atoms with van der Waals surface area (Å²) in [6.45, 7) is 1.86. The molecular formula is C24H17Cl2FN2O. The largest absolute Gasteiger partial charge is 0.321 e. The number of amides is 1. The van der Waals surface area contributed by atoms with Crippen LogP contribution in [-0.4, -0.2) is 5.91 Å². The van der Waals surface area contributed by atoms with Crippen molar-refractivity contribution >= 4 is 40.9 Å². The molecule has 0 saturated heterocycles. The molecule has 0 bridgehead atoms. The molecular weight excluding hydrogens is 422 g/mol. The number of rotatable bonds is 5. The Kier molecular flexibility index (Phi) is 6.89. The van der Waals surface area contributed by atoms with E-state index >= 15 is 0 Å². The molecule has 0 radical (unpaired) electrons. The molecule has 3 aromatic rings. The highest BCUT2D eigenvalue weighted by atomic mass is 35.5. The molecule has 3 nitrogen and oxygen atoms in total. The van der Waals surface area contributed by atoms with E-state index in [1.807, 2.05) is 19.1 Å². The summed E-state index contributed by atoms with van der Waals surface area (Å²) in [5, 5.41) is 13.1. The minimum absolute atomic E-state index is 0.0688. The van der Waals surface area contributed by atoms with Crippen molar-refractivity contribution in [1.82, 2.24) is 0 Å². The summed E-state index contributed by atoms with van der Waals surface area (Å²) in [6, 6.07) is 18.6. The molecule has 1 N–H and O–H groups in total. The summed E-state index contributed by atoms with van der Waals surface area (Å²) in [4.78, 5) is 12.5. The number of carbonyl (C=O) groups excluding carboxylic acids is 1. The van der Waals surface area contributed by atoms with E-state index in [2.05, 4.69) is 5.32 Å². The standard InChI is InChI=1S/C24H17Cl2FN2O/c1-15-5-8-21(13-22(15)25)29-24(30)19(14-28)10-17-6-7-18(23(26)12-17)9-16-3-2-4-20(27)11-16/h2-8,10-13H,9H2,1H3,(H,29,30)/b19-10+. The van der Waals surface area contributed by atoms with Gasteiger partial charge in [-0.15, -0.1) is 0 Å². The summed E-state index contributed by atoms with van der Waals surface area (Å²) in [5.41, 5.74) is 3.54.